The van der Waals surface area contributed by atoms with Gasteiger partial charge in [-0.3, -0.25) is 4.79 Å². The first-order chi connectivity index (χ1) is 10.9. The summed E-state index contributed by atoms with van der Waals surface area (Å²) in [7, 11) is 0. The molecular formula is C16H10BrF2INO2Y-. The number of terminal acetylenes is 1. The predicted octanol–water partition coefficient (Wildman–Crippen LogP) is 3.96. The second kappa shape index (κ2) is 10.00. The van der Waals surface area contributed by atoms with Gasteiger partial charge in [-0.15, -0.1) is 35.1 Å². The minimum atomic E-state index is -2.64. The summed E-state index contributed by atoms with van der Waals surface area (Å²) in [6.07, 6.45) is 2.49. The number of alkyl halides is 2. The van der Waals surface area contributed by atoms with E-state index in [9.17, 15) is 13.6 Å². The Morgan fingerprint density at radius 1 is 1.46 bits per heavy atom. The van der Waals surface area contributed by atoms with Gasteiger partial charge in [0.2, 0.25) is 5.56 Å². The van der Waals surface area contributed by atoms with E-state index >= 15 is 0 Å². The fraction of sp³-hybridized carbons (Fsp3) is 0.188. The molecule has 0 aliphatic carbocycles. The van der Waals surface area contributed by atoms with Gasteiger partial charge < -0.3 is 9.30 Å². The quantitative estimate of drug-likeness (QED) is 0.304. The third-order valence-corrected chi connectivity index (χ3v) is 4.32. The number of pyridine rings is 1. The van der Waals surface area contributed by atoms with Crippen LogP contribution in [0.2, 0.25) is 0 Å². The summed E-state index contributed by atoms with van der Waals surface area (Å²) < 4.78 is 32.9. The van der Waals surface area contributed by atoms with Gasteiger partial charge in [0.15, 0.2) is 0 Å². The van der Waals surface area contributed by atoms with Crippen molar-refractivity contribution in [1.29, 1.82) is 0 Å². The average molecular weight is 582 g/mol. The Hall–Kier alpha value is -0.296. The van der Waals surface area contributed by atoms with Crippen LogP contribution < -0.4 is 10.3 Å². The average Bonchev–Trinajstić information content (AvgIpc) is 2.50. The van der Waals surface area contributed by atoms with E-state index in [1.165, 1.54) is 6.07 Å². The smallest absolute Gasteiger partial charge is 0.256 e. The molecule has 0 saturated carbocycles. The molecule has 24 heavy (non-hydrogen) atoms. The summed E-state index contributed by atoms with van der Waals surface area (Å²) in [6.45, 7) is -0.569. The Morgan fingerprint density at radius 2 is 2.17 bits per heavy atom. The molecule has 2 rings (SSSR count). The molecule has 0 aliphatic heterocycles. The maximum absolute atomic E-state index is 12.8. The monoisotopic (exact) mass is 581 g/mol. The molecule has 8 heteroatoms. The Labute approximate surface area is 185 Å². The molecule has 1 aromatic carbocycles. The van der Waals surface area contributed by atoms with Crippen molar-refractivity contribution >= 4 is 38.5 Å². The molecule has 0 bridgehead atoms. The van der Waals surface area contributed by atoms with Gasteiger partial charge >= 0.3 is 0 Å². The first-order valence-electron chi connectivity index (χ1n) is 6.39. The van der Waals surface area contributed by atoms with Gasteiger partial charge in [0, 0.05) is 32.7 Å². The molecule has 1 heterocycles. The van der Waals surface area contributed by atoms with E-state index in [2.05, 4.69) is 27.9 Å². The summed E-state index contributed by atoms with van der Waals surface area (Å²) in [6, 6.07) is 9.35. The van der Waals surface area contributed by atoms with Crippen LogP contribution >= 0.6 is 38.5 Å². The van der Waals surface area contributed by atoms with Crippen molar-refractivity contribution in [2.75, 3.05) is 6.61 Å². The minimum Gasteiger partial charge on any atom is -0.481 e. The van der Waals surface area contributed by atoms with E-state index in [0.29, 0.717) is 19.4 Å². The van der Waals surface area contributed by atoms with Crippen molar-refractivity contribution in [3.8, 4) is 29.4 Å². The zero-order chi connectivity index (χ0) is 17.0. The third kappa shape index (κ3) is 5.35. The van der Waals surface area contributed by atoms with Crippen molar-refractivity contribution in [2.24, 2.45) is 0 Å². The fourth-order valence-corrected chi connectivity index (χ4v) is 2.93. The number of rotatable bonds is 5. The van der Waals surface area contributed by atoms with E-state index < -0.39 is 18.5 Å². The van der Waals surface area contributed by atoms with Gasteiger partial charge in [0.05, 0.1) is 6.54 Å². The molecule has 3 nitrogen and oxygen atoms in total. The van der Waals surface area contributed by atoms with Gasteiger partial charge in [-0.05, 0) is 20.2 Å². The summed E-state index contributed by atoms with van der Waals surface area (Å²) in [5, 5.41) is 0. The molecule has 1 aromatic heterocycles. The molecule has 0 fully saturated rings. The van der Waals surface area contributed by atoms with Crippen molar-refractivity contribution < 1.29 is 46.2 Å². The Bertz CT molecular complexity index is 821. The Balaban J connectivity index is 0.00000288. The number of nitrogens with zero attached hydrogens (tertiary/aromatic N) is 1. The second-order valence-corrected chi connectivity index (χ2v) is 6.44. The maximum atomic E-state index is 12.8. The van der Waals surface area contributed by atoms with E-state index in [1.54, 1.807) is 40.8 Å². The largest absolute Gasteiger partial charge is 0.481 e. The molecule has 0 atom stereocenters. The SMILES string of the molecule is C#CCOc1ccc(-c2[c-]cc(I)c(=O)n2CC(F)F)c(Br)c1.[Y]. The molecule has 123 valence electrons. The zero-order valence-electron chi connectivity index (χ0n) is 12.2. The number of hydrogen-bond acceptors (Lipinski definition) is 2. The normalized spacial score (nSPS) is 10.2. The van der Waals surface area contributed by atoms with E-state index in [4.69, 9.17) is 11.2 Å². The van der Waals surface area contributed by atoms with Gasteiger partial charge in [-0.1, -0.05) is 33.1 Å². The second-order valence-electron chi connectivity index (χ2n) is 4.43. The van der Waals surface area contributed by atoms with Crippen LogP contribution in [0.4, 0.5) is 8.78 Å². The fourth-order valence-electron chi connectivity index (χ4n) is 1.94. The van der Waals surface area contributed by atoms with Crippen LogP contribution in [0.1, 0.15) is 0 Å². The van der Waals surface area contributed by atoms with Gasteiger partial charge in [0.1, 0.15) is 12.4 Å². The van der Waals surface area contributed by atoms with Crippen LogP contribution in [0.3, 0.4) is 0 Å². The van der Waals surface area contributed by atoms with Crippen LogP contribution in [0, 0.1) is 22.0 Å². The third-order valence-electron chi connectivity index (χ3n) is 2.89. The number of benzene rings is 1. The summed E-state index contributed by atoms with van der Waals surface area (Å²) in [5.41, 5.74) is 0.373. The number of halogens is 4. The first-order valence-corrected chi connectivity index (χ1v) is 8.26. The van der Waals surface area contributed by atoms with Crippen LogP contribution in [0.5, 0.6) is 5.75 Å². The zero-order valence-corrected chi connectivity index (χ0v) is 18.8. The van der Waals surface area contributed by atoms with Crippen LogP contribution in [-0.2, 0) is 39.3 Å². The topological polar surface area (TPSA) is 31.2 Å². The summed E-state index contributed by atoms with van der Waals surface area (Å²) in [4.78, 5) is 12.2. The van der Waals surface area contributed by atoms with Gasteiger partial charge in [-0.2, -0.15) is 12.1 Å². The van der Waals surface area contributed by atoms with E-state index in [1.807, 2.05) is 0 Å². The maximum Gasteiger partial charge on any atom is 0.256 e. The van der Waals surface area contributed by atoms with Crippen molar-refractivity contribution in [2.45, 2.75) is 13.0 Å². The molecule has 0 spiro atoms. The van der Waals surface area contributed by atoms with Gasteiger partial charge in [-0.25, -0.2) is 8.78 Å². The molecular weight excluding hydrogens is 572 g/mol. The minimum absolute atomic E-state index is 0. The predicted molar refractivity (Wildman–Crippen MR) is 95.7 cm³/mol. The molecule has 0 unspecified atom stereocenters. The van der Waals surface area contributed by atoms with Gasteiger partial charge in [0.25, 0.3) is 6.43 Å². The summed E-state index contributed by atoms with van der Waals surface area (Å²) >= 11 is 5.16. The number of hydrogen-bond donors (Lipinski definition) is 0. The van der Waals surface area contributed by atoms with Crippen molar-refractivity contribution in [3.63, 3.8) is 0 Å². The molecule has 0 saturated heterocycles. The van der Waals surface area contributed by atoms with E-state index in [-0.39, 0.29) is 45.0 Å². The molecule has 1 radical (unpaired) electrons. The number of aromatic nitrogens is 1. The first kappa shape index (κ1) is 21.7. The Kier molecular flexibility index (Phi) is 9.06. The molecule has 2 aromatic rings. The standard InChI is InChI=1S/C16H10BrF2INO2.Y/c1-2-7-23-10-3-4-11(12(17)8-10)14-6-5-13(20)16(22)21(14)9-15(18)19;/h1,3-5,8,15H,7,9H2;/q-1;. The van der Waals surface area contributed by atoms with Crippen LogP contribution in [0.25, 0.3) is 11.3 Å². The Morgan fingerprint density at radius 3 is 2.75 bits per heavy atom. The van der Waals surface area contributed by atoms with Crippen molar-refractivity contribution in [3.05, 3.63) is 48.7 Å². The van der Waals surface area contributed by atoms with Crippen molar-refractivity contribution in [1.82, 2.24) is 4.57 Å². The van der Waals surface area contributed by atoms with Crippen LogP contribution in [0.15, 0.2) is 33.5 Å². The number of ether oxygens (including phenoxy) is 1. The molecule has 0 N–H and O–H groups in total. The van der Waals surface area contributed by atoms with E-state index in [0.717, 1.165) is 4.57 Å². The molecule has 0 aliphatic rings. The molecule has 0 amide bonds. The summed E-state index contributed by atoms with van der Waals surface area (Å²) in [5.74, 6) is 2.89. The van der Waals surface area contributed by atoms with Crippen LogP contribution in [-0.4, -0.2) is 17.6 Å².